The zero-order valence-corrected chi connectivity index (χ0v) is 23.7. The van der Waals surface area contributed by atoms with Gasteiger partial charge in [0.1, 0.15) is 13.2 Å². The molecule has 0 aliphatic rings. The summed E-state index contributed by atoms with van der Waals surface area (Å²) in [5.41, 5.74) is -2.11. The third-order valence-electron chi connectivity index (χ3n) is 5.73. The van der Waals surface area contributed by atoms with Crippen LogP contribution in [0, 0.1) is 0 Å². The lowest BCUT2D eigenvalue weighted by molar-refractivity contribution is -0.890. The Bertz CT molecular complexity index is 1090. The predicted molar refractivity (Wildman–Crippen MR) is 138 cm³/mol. The Morgan fingerprint density at radius 3 is 1.80 bits per heavy atom. The number of phenolic OH excluding ortho intramolecular Hbond substituents is 2. The number of aryl methyl sites for hydroxylation is 2. The van der Waals surface area contributed by atoms with Gasteiger partial charge in [0.15, 0.2) is 11.5 Å². The molecule has 0 saturated heterocycles. The van der Waals surface area contributed by atoms with Crippen molar-refractivity contribution >= 4 is 7.82 Å². The molecule has 0 fully saturated rings. The zero-order chi connectivity index (χ0) is 30.8. The second kappa shape index (κ2) is 15.1. The van der Waals surface area contributed by atoms with E-state index in [0.717, 1.165) is 0 Å². The van der Waals surface area contributed by atoms with Gasteiger partial charge in [0.2, 0.25) is 0 Å². The Morgan fingerprint density at radius 1 is 0.750 bits per heavy atom. The van der Waals surface area contributed by atoms with Gasteiger partial charge in [-0.15, -0.1) is 0 Å². The van der Waals surface area contributed by atoms with E-state index in [-0.39, 0.29) is 60.2 Å². The average Bonchev–Trinajstić information content (AvgIpc) is 2.83. The maximum atomic E-state index is 13.0. The first-order valence-corrected chi connectivity index (χ1v) is 14.1. The minimum absolute atomic E-state index is 0.0179. The average molecular weight is 605 g/mol. The molecule has 0 aliphatic heterocycles. The Morgan fingerprint density at radius 2 is 1.27 bits per heavy atom. The number of hydrogen-bond donors (Lipinski definition) is 3. The number of benzene rings is 2. The van der Waals surface area contributed by atoms with Gasteiger partial charge in [-0.25, -0.2) is 4.57 Å². The third kappa shape index (κ3) is 12.9. The van der Waals surface area contributed by atoms with E-state index in [1.165, 1.54) is 12.1 Å². The van der Waals surface area contributed by atoms with Crippen molar-refractivity contribution in [3.63, 3.8) is 0 Å². The Kier molecular flexibility index (Phi) is 13.5. The number of hydrogen-bond acceptors (Lipinski definition) is 5. The number of halogens is 6. The molecule has 228 valence electrons. The van der Waals surface area contributed by atoms with Crippen LogP contribution in [0.2, 0.25) is 0 Å². The van der Waals surface area contributed by atoms with Crippen molar-refractivity contribution in [2.75, 3.05) is 40.4 Å². The zero-order valence-electron chi connectivity index (χ0n) is 22.8. The van der Waals surface area contributed by atoms with Gasteiger partial charge in [-0.3, -0.25) is 9.05 Å². The highest BCUT2D eigenvalue weighted by Crippen LogP contribution is 2.43. The van der Waals surface area contributed by atoms with Gasteiger partial charge in [-0.2, -0.15) is 26.3 Å². The number of phosphoric ester groups is 1. The number of quaternary nitrogens is 1. The molecule has 0 spiro atoms. The van der Waals surface area contributed by atoms with E-state index in [4.69, 9.17) is 9.05 Å². The molecule has 0 aromatic heterocycles. The quantitative estimate of drug-likeness (QED) is 0.0754. The molecular formula is C26H37F6NO6P+. The van der Waals surface area contributed by atoms with Crippen LogP contribution in [0.1, 0.15) is 48.9 Å². The predicted octanol–water partition coefficient (Wildman–Crippen LogP) is 6.94. The highest BCUT2D eigenvalue weighted by atomic mass is 31.2. The van der Waals surface area contributed by atoms with E-state index < -0.39 is 31.3 Å². The molecule has 0 aliphatic carbocycles. The fourth-order valence-corrected chi connectivity index (χ4v) is 4.35. The van der Waals surface area contributed by atoms with Gasteiger partial charge in [0, 0.05) is 6.42 Å². The van der Waals surface area contributed by atoms with Crippen molar-refractivity contribution in [3.05, 3.63) is 58.7 Å². The minimum Gasteiger partial charge on any atom is -0.504 e. The SMILES string of the molecule is CC.C[N+](C)(CCCc1cc(C(F)(F)F)cc(C(F)(F)F)c1)CCOP(=O)(O)OCCCc1ccc(O)c(O)c1. The van der Waals surface area contributed by atoms with Crippen LogP contribution in [0.25, 0.3) is 0 Å². The summed E-state index contributed by atoms with van der Waals surface area (Å²) in [4.78, 5) is 9.84. The van der Waals surface area contributed by atoms with Gasteiger partial charge < -0.3 is 19.6 Å². The Balaban J connectivity index is 0.00000391. The first-order chi connectivity index (χ1) is 18.4. The molecule has 2 aromatic carbocycles. The lowest BCUT2D eigenvalue weighted by Gasteiger charge is -2.30. The fraction of sp³-hybridized carbons (Fsp3) is 0.538. The van der Waals surface area contributed by atoms with E-state index in [2.05, 4.69) is 0 Å². The van der Waals surface area contributed by atoms with Crippen LogP contribution in [-0.4, -0.2) is 60.0 Å². The molecule has 2 rings (SSSR count). The van der Waals surface area contributed by atoms with E-state index in [9.17, 15) is 46.0 Å². The van der Waals surface area contributed by atoms with Crippen LogP contribution >= 0.6 is 7.82 Å². The summed E-state index contributed by atoms with van der Waals surface area (Å²) in [6.45, 7) is 4.31. The standard InChI is InChI=1S/C24H30F6NO6P.C2H6/c1-31(2,9-3-5-18-13-19(23(25,26)27)16-20(14-18)24(28,29)30)10-12-37-38(34,35)36-11-4-6-17-7-8-21(32)22(33)15-17;1-2/h7-8,13-16H,3-6,9-12H2,1-2H3,(H2-,32,33,34,35);1-2H3/p+1. The number of nitrogens with zero attached hydrogens (tertiary/aromatic N) is 1. The first kappa shape index (κ1) is 35.7. The highest BCUT2D eigenvalue weighted by molar-refractivity contribution is 7.47. The van der Waals surface area contributed by atoms with Crippen LogP contribution in [-0.2, 0) is 38.8 Å². The highest BCUT2D eigenvalue weighted by Gasteiger charge is 2.36. The molecule has 1 unspecified atom stereocenters. The van der Waals surface area contributed by atoms with Crippen molar-refractivity contribution in [1.29, 1.82) is 0 Å². The second-order valence-electron chi connectivity index (χ2n) is 9.46. The topological polar surface area (TPSA) is 96.2 Å². The number of phosphoric acid groups is 1. The summed E-state index contributed by atoms with van der Waals surface area (Å²) in [7, 11) is -0.861. The Labute approximate surface area is 230 Å². The molecule has 0 saturated carbocycles. The minimum atomic E-state index is -4.91. The Hall–Kier alpha value is -2.31. The third-order valence-corrected chi connectivity index (χ3v) is 6.75. The number of alkyl halides is 6. The molecule has 1 atom stereocenters. The van der Waals surface area contributed by atoms with Crippen LogP contribution in [0.3, 0.4) is 0 Å². The van der Waals surface area contributed by atoms with Crippen molar-refractivity contribution in [2.45, 2.75) is 51.9 Å². The monoisotopic (exact) mass is 604 g/mol. The molecule has 0 heterocycles. The molecular weight excluding hydrogens is 567 g/mol. The fourth-order valence-electron chi connectivity index (χ4n) is 3.61. The van der Waals surface area contributed by atoms with Crippen molar-refractivity contribution in [2.24, 2.45) is 0 Å². The largest absolute Gasteiger partial charge is 0.504 e. The summed E-state index contributed by atoms with van der Waals surface area (Å²) in [6, 6.07) is 5.79. The summed E-state index contributed by atoms with van der Waals surface area (Å²) in [5.74, 6) is -0.535. The number of likely N-dealkylation sites (N-methyl/N-ethyl adjacent to an activating group) is 1. The maximum absolute atomic E-state index is 13.0. The molecule has 3 N–H and O–H groups in total. The lowest BCUT2D eigenvalue weighted by Crippen LogP contribution is -2.43. The molecule has 40 heavy (non-hydrogen) atoms. The van der Waals surface area contributed by atoms with Crippen LogP contribution in [0.15, 0.2) is 36.4 Å². The summed E-state index contributed by atoms with van der Waals surface area (Å²) >= 11 is 0. The van der Waals surface area contributed by atoms with Gasteiger partial charge in [-0.05, 0) is 60.7 Å². The summed E-state index contributed by atoms with van der Waals surface area (Å²) in [6.07, 6.45) is -8.81. The van der Waals surface area contributed by atoms with Gasteiger partial charge in [0.05, 0.1) is 38.4 Å². The maximum Gasteiger partial charge on any atom is 0.472 e. The van der Waals surface area contributed by atoms with Crippen molar-refractivity contribution in [3.8, 4) is 11.5 Å². The van der Waals surface area contributed by atoms with Crippen LogP contribution in [0.5, 0.6) is 11.5 Å². The smallest absolute Gasteiger partial charge is 0.472 e. The van der Waals surface area contributed by atoms with E-state index >= 15 is 0 Å². The molecule has 2 aromatic rings. The molecule has 0 bridgehead atoms. The number of rotatable bonds is 13. The lowest BCUT2D eigenvalue weighted by atomic mass is 10.0. The van der Waals surface area contributed by atoms with Crippen molar-refractivity contribution < 1.29 is 59.5 Å². The summed E-state index contributed by atoms with van der Waals surface area (Å²) in [5, 5.41) is 18.8. The first-order valence-electron chi connectivity index (χ1n) is 12.6. The molecule has 7 nitrogen and oxygen atoms in total. The number of aromatic hydroxyl groups is 2. The van der Waals surface area contributed by atoms with Gasteiger partial charge in [-0.1, -0.05) is 19.9 Å². The molecule has 0 amide bonds. The molecule has 0 radical (unpaired) electrons. The summed E-state index contributed by atoms with van der Waals surface area (Å²) < 4.78 is 100. The van der Waals surface area contributed by atoms with Crippen LogP contribution in [0.4, 0.5) is 26.3 Å². The van der Waals surface area contributed by atoms with E-state index in [0.29, 0.717) is 37.1 Å². The van der Waals surface area contributed by atoms with Gasteiger partial charge in [0.25, 0.3) is 0 Å². The van der Waals surface area contributed by atoms with Gasteiger partial charge >= 0.3 is 20.2 Å². The van der Waals surface area contributed by atoms with Crippen molar-refractivity contribution in [1.82, 2.24) is 0 Å². The second-order valence-corrected chi connectivity index (χ2v) is 10.9. The van der Waals surface area contributed by atoms with E-state index in [1.807, 2.05) is 13.8 Å². The number of phenols is 2. The van der Waals surface area contributed by atoms with Crippen LogP contribution < -0.4 is 0 Å². The van der Waals surface area contributed by atoms with E-state index in [1.54, 1.807) is 20.2 Å². The molecule has 14 heteroatoms. The normalized spacial score (nSPS) is 13.9.